The fourth-order valence-corrected chi connectivity index (χ4v) is 2.93. The number of fused-ring (bicyclic) bond motifs is 1. The summed E-state index contributed by atoms with van der Waals surface area (Å²) in [7, 11) is 0. The van der Waals surface area contributed by atoms with E-state index in [4.69, 9.17) is 4.42 Å². The lowest BCUT2D eigenvalue weighted by Gasteiger charge is -2.23. The first-order chi connectivity index (χ1) is 12.2. The fourth-order valence-electron chi connectivity index (χ4n) is 2.93. The van der Waals surface area contributed by atoms with Gasteiger partial charge in [-0.2, -0.15) is 0 Å². The lowest BCUT2D eigenvalue weighted by Crippen LogP contribution is -2.16. The summed E-state index contributed by atoms with van der Waals surface area (Å²) in [5.41, 5.74) is -0.785. The van der Waals surface area contributed by atoms with Crippen molar-refractivity contribution in [1.29, 1.82) is 0 Å². The van der Waals surface area contributed by atoms with Crippen LogP contribution in [0.4, 0.5) is 0 Å². The van der Waals surface area contributed by atoms with Crippen molar-refractivity contribution in [1.82, 2.24) is 0 Å². The number of allylic oxidation sites excluding steroid dienone is 1. The van der Waals surface area contributed by atoms with Gasteiger partial charge in [0.2, 0.25) is 5.43 Å². The van der Waals surface area contributed by atoms with Crippen LogP contribution in [0.1, 0.15) is 19.4 Å². The number of benzene rings is 2. The average Bonchev–Trinajstić information content (AvgIpc) is 2.55. The smallest absolute Gasteiger partial charge is 0.204 e. The summed E-state index contributed by atoms with van der Waals surface area (Å²) in [6.07, 6.45) is 2.75. The molecule has 0 radical (unpaired) electrons. The number of hydrogen-bond acceptors (Lipinski definition) is 6. The largest absolute Gasteiger partial charge is 0.508 e. The van der Waals surface area contributed by atoms with Crippen LogP contribution >= 0.6 is 0 Å². The molecule has 3 rings (SSSR count). The highest BCUT2D eigenvalue weighted by Gasteiger charge is 2.28. The molecule has 6 nitrogen and oxygen atoms in total. The molecule has 0 atom stereocenters. The zero-order valence-corrected chi connectivity index (χ0v) is 14.3. The zero-order chi connectivity index (χ0) is 19.2. The standard InChI is InChI=1S/C20H18O6/c1-4-20(2,3)17-15(24)8-14(23)16-18(25)12(9-26-19(16)17)11-6-5-10(21)7-13(11)22/h4-9,21-24H,1H2,2-3H3. The molecular weight excluding hydrogens is 336 g/mol. The van der Waals surface area contributed by atoms with Gasteiger partial charge in [0.15, 0.2) is 0 Å². The van der Waals surface area contributed by atoms with Crippen LogP contribution in [-0.2, 0) is 5.41 Å². The molecule has 26 heavy (non-hydrogen) atoms. The Balaban J connectivity index is 2.42. The molecule has 0 aliphatic heterocycles. The molecule has 0 amide bonds. The van der Waals surface area contributed by atoms with E-state index in [2.05, 4.69) is 6.58 Å². The van der Waals surface area contributed by atoms with E-state index >= 15 is 0 Å². The van der Waals surface area contributed by atoms with Crippen molar-refractivity contribution in [2.45, 2.75) is 19.3 Å². The molecule has 0 saturated carbocycles. The second-order valence-electron chi connectivity index (χ2n) is 6.60. The Morgan fingerprint density at radius 2 is 1.69 bits per heavy atom. The molecule has 0 aliphatic carbocycles. The zero-order valence-electron chi connectivity index (χ0n) is 14.3. The third-order valence-corrected chi connectivity index (χ3v) is 4.43. The first-order valence-corrected chi connectivity index (χ1v) is 7.84. The average molecular weight is 354 g/mol. The molecule has 134 valence electrons. The van der Waals surface area contributed by atoms with Gasteiger partial charge in [-0.25, -0.2) is 0 Å². The number of rotatable bonds is 3. The van der Waals surface area contributed by atoms with E-state index in [1.807, 2.05) is 0 Å². The Bertz CT molecular complexity index is 1090. The summed E-state index contributed by atoms with van der Waals surface area (Å²) in [6.45, 7) is 7.30. The topological polar surface area (TPSA) is 111 Å². The summed E-state index contributed by atoms with van der Waals surface area (Å²) in [5, 5.41) is 39.8. The highest BCUT2D eigenvalue weighted by atomic mass is 16.3. The molecule has 0 spiro atoms. The van der Waals surface area contributed by atoms with E-state index in [9.17, 15) is 25.2 Å². The Labute approximate surface area is 148 Å². The maximum absolute atomic E-state index is 13.0. The molecular formula is C20H18O6. The summed E-state index contributed by atoms with van der Waals surface area (Å²) in [6, 6.07) is 4.87. The first kappa shape index (κ1) is 17.4. The molecule has 0 aliphatic rings. The van der Waals surface area contributed by atoms with Crippen molar-refractivity contribution in [3.63, 3.8) is 0 Å². The summed E-state index contributed by atoms with van der Waals surface area (Å²) < 4.78 is 5.60. The molecule has 1 heterocycles. The van der Waals surface area contributed by atoms with Crippen LogP contribution in [0.15, 0.2) is 52.4 Å². The highest BCUT2D eigenvalue weighted by Crippen LogP contribution is 2.42. The number of phenolic OH excluding ortho intramolecular Hbond substituents is 4. The van der Waals surface area contributed by atoms with Gasteiger partial charge in [-0.1, -0.05) is 19.9 Å². The van der Waals surface area contributed by atoms with E-state index in [0.29, 0.717) is 5.56 Å². The van der Waals surface area contributed by atoms with Crippen LogP contribution < -0.4 is 5.43 Å². The number of phenols is 4. The number of aromatic hydroxyl groups is 4. The van der Waals surface area contributed by atoms with Gasteiger partial charge in [0.25, 0.3) is 0 Å². The van der Waals surface area contributed by atoms with Crippen molar-refractivity contribution in [2.75, 3.05) is 0 Å². The quantitative estimate of drug-likeness (QED) is 0.533. The maximum Gasteiger partial charge on any atom is 0.204 e. The van der Waals surface area contributed by atoms with Gasteiger partial charge in [-0.3, -0.25) is 4.79 Å². The van der Waals surface area contributed by atoms with Crippen molar-refractivity contribution in [3.05, 3.63) is 59.0 Å². The molecule has 4 N–H and O–H groups in total. The van der Waals surface area contributed by atoms with Gasteiger partial charge in [-0.05, 0) is 12.1 Å². The third kappa shape index (κ3) is 2.56. The molecule has 1 aromatic heterocycles. The van der Waals surface area contributed by atoms with Crippen molar-refractivity contribution in [2.24, 2.45) is 0 Å². The highest BCUT2D eigenvalue weighted by molar-refractivity contribution is 5.92. The minimum atomic E-state index is -0.728. The fraction of sp³-hybridized carbons (Fsp3) is 0.150. The van der Waals surface area contributed by atoms with E-state index in [0.717, 1.165) is 18.4 Å². The van der Waals surface area contributed by atoms with Crippen molar-refractivity contribution < 1.29 is 24.8 Å². The summed E-state index contributed by atoms with van der Waals surface area (Å²) in [5.74, 6) is -1.11. The maximum atomic E-state index is 13.0. The predicted molar refractivity (Wildman–Crippen MR) is 97.8 cm³/mol. The molecule has 0 unspecified atom stereocenters. The third-order valence-electron chi connectivity index (χ3n) is 4.43. The van der Waals surface area contributed by atoms with Crippen molar-refractivity contribution in [3.8, 4) is 34.1 Å². The van der Waals surface area contributed by atoms with E-state index in [1.54, 1.807) is 19.9 Å². The van der Waals surface area contributed by atoms with Crippen molar-refractivity contribution >= 4 is 11.0 Å². The molecule has 6 heteroatoms. The molecule has 3 aromatic rings. The lowest BCUT2D eigenvalue weighted by molar-refractivity contribution is 0.436. The van der Waals surface area contributed by atoms with E-state index in [1.165, 1.54) is 12.1 Å². The van der Waals surface area contributed by atoms with Gasteiger partial charge in [0.05, 0.1) is 5.56 Å². The Morgan fingerprint density at radius 3 is 2.31 bits per heavy atom. The van der Waals surface area contributed by atoms with Crippen LogP contribution in [0.3, 0.4) is 0 Å². The van der Waals surface area contributed by atoms with E-state index < -0.39 is 16.6 Å². The monoisotopic (exact) mass is 354 g/mol. The van der Waals surface area contributed by atoms with Gasteiger partial charge >= 0.3 is 0 Å². The first-order valence-electron chi connectivity index (χ1n) is 7.84. The van der Waals surface area contributed by atoms with Gasteiger partial charge < -0.3 is 24.8 Å². The van der Waals surface area contributed by atoms with Gasteiger partial charge in [-0.15, -0.1) is 6.58 Å². The van der Waals surface area contributed by atoms with Crippen LogP contribution in [0.25, 0.3) is 22.1 Å². The Hall–Kier alpha value is -3.41. The van der Waals surface area contributed by atoms with Gasteiger partial charge in [0.1, 0.15) is 40.2 Å². The second-order valence-corrected chi connectivity index (χ2v) is 6.60. The lowest BCUT2D eigenvalue weighted by atomic mass is 9.82. The van der Waals surface area contributed by atoms with E-state index in [-0.39, 0.29) is 39.3 Å². The summed E-state index contributed by atoms with van der Waals surface area (Å²) in [4.78, 5) is 13.0. The second kappa shape index (κ2) is 5.84. The van der Waals surface area contributed by atoms with Crippen LogP contribution in [-0.4, -0.2) is 20.4 Å². The predicted octanol–water partition coefficient (Wildman–Crippen LogP) is 3.75. The molecule has 2 aromatic carbocycles. The number of hydrogen-bond donors (Lipinski definition) is 4. The van der Waals surface area contributed by atoms with Gasteiger partial charge in [0, 0.05) is 28.7 Å². The SMILES string of the molecule is C=CC(C)(C)c1c(O)cc(O)c2c(=O)c(-c3ccc(O)cc3O)coc12. The Kier molecular flexibility index (Phi) is 3.91. The summed E-state index contributed by atoms with van der Waals surface area (Å²) >= 11 is 0. The molecule has 0 saturated heterocycles. The molecule has 0 fully saturated rings. The minimum absolute atomic E-state index is 0.0124. The van der Waals surface area contributed by atoms with Crippen LogP contribution in [0.5, 0.6) is 23.0 Å². The normalized spacial score (nSPS) is 11.6. The van der Waals surface area contributed by atoms with Crippen LogP contribution in [0, 0.1) is 0 Å². The molecule has 0 bridgehead atoms. The van der Waals surface area contributed by atoms with Crippen LogP contribution in [0.2, 0.25) is 0 Å². The minimum Gasteiger partial charge on any atom is -0.508 e. The Morgan fingerprint density at radius 1 is 1.00 bits per heavy atom.